The summed E-state index contributed by atoms with van der Waals surface area (Å²) >= 11 is 0. The predicted molar refractivity (Wildman–Crippen MR) is 175 cm³/mol. The molecule has 0 aliphatic rings. The van der Waals surface area contributed by atoms with Crippen LogP contribution in [0.15, 0.2) is 60.9 Å². The molecule has 2 N–H and O–H groups in total. The molecule has 2 atom stereocenters. The van der Waals surface area contributed by atoms with E-state index in [0.29, 0.717) is 41.2 Å². The molecule has 0 saturated heterocycles. The highest BCUT2D eigenvalue weighted by molar-refractivity contribution is 8.11. The molecule has 2 heterocycles. The number of hydrogen-bond donors (Lipinski definition) is 2. The van der Waals surface area contributed by atoms with Crippen LogP contribution in [0.1, 0.15) is 66.6 Å². The maximum Gasteiger partial charge on any atom is 0.140 e. The van der Waals surface area contributed by atoms with Crippen LogP contribution in [0, 0.1) is 17.5 Å². The first kappa shape index (κ1) is 31.5. The maximum atomic E-state index is 15.7. The van der Waals surface area contributed by atoms with Crippen molar-refractivity contribution in [3.8, 4) is 11.4 Å². The Balaban J connectivity index is 1.47. The normalized spacial score (nSPS) is 13.1. The Labute approximate surface area is 258 Å². The lowest BCUT2D eigenvalue weighted by atomic mass is 9.94. The van der Waals surface area contributed by atoms with E-state index in [9.17, 15) is 4.79 Å². The summed E-state index contributed by atoms with van der Waals surface area (Å²) in [6.07, 6.45) is 5.02. The smallest absolute Gasteiger partial charge is 0.140 e. The van der Waals surface area contributed by atoms with Crippen LogP contribution in [-0.2, 0) is 24.2 Å². The minimum atomic E-state index is -0.465. The molecule has 44 heavy (non-hydrogen) atoms. The van der Waals surface area contributed by atoms with E-state index in [1.807, 2.05) is 19.2 Å². The van der Waals surface area contributed by atoms with Gasteiger partial charge in [-0.05, 0) is 64.3 Å². The zero-order valence-corrected chi connectivity index (χ0v) is 26.0. The van der Waals surface area contributed by atoms with Crippen LogP contribution in [0.4, 0.5) is 13.2 Å². The van der Waals surface area contributed by atoms with Crippen molar-refractivity contribution in [3.05, 3.63) is 112 Å². The van der Waals surface area contributed by atoms with Gasteiger partial charge in [0, 0.05) is 60.8 Å². The van der Waals surface area contributed by atoms with Gasteiger partial charge in [-0.1, -0.05) is 50.9 Å². The number of benzene rings is 3. The number of H-pyrrole nitrogens is 2. The summed E-state index contributed by atoms with van der Waals surface area (Å²) < 4.78 is 48.4. The van der Waals surface area contributed by atoms with Gasteiger partial charge in [-0.15, -0.1) is 10.7 Å². The van der Waals surface area contributed by atoms with E-state index < -0.39 is 5.82 Å². The van der Waals surface area contributed by atoms with Crippen molar-refractivity contribution in [2.45, 2.75) is 52.5 Å². The maximum absolute atomic E-state index is 15.7. The van der Waals surface area contributed by atoms with E-state index in [4.69, 9.17) is 0 Å². The van der Waals surface area contributed by atoms with Crippen LogP contribution in [0.2, 0.25) is 0 Å². The highest BCUT2D eigenvalue weighted by atomic mass is 32.2. The molecular weight excluding hydrogens is 581 g/mol. The number of aromatic nitrogens is 3. The van der Waals surface area contributed by atoms with Gasteiger partial charge in [-0.3, -0.25) is 4.31 Å². The summed E-state index contributed by atoms with van der Waals surface area (Å²) in [6.45, 7) is 7.37. The van der Waals surface area contributed by atoms with Crippen LogP contribution >= 0.6 is 10.7 Å². The topological polar surface area (TPSA) is 64.8 Å². The number of aromatic amines is 2. The summed E-state index contributed by atoms with van der Waals surface area (Å²) in [5.74, 6) is 4.00. The largest absolute Gasteiger partial charge is 0.361 e. The molecule has 9 heteroatoms. The molecule has 0 aliphatic carbocycles. The number of hydrogen-bond acceptors (Lipinski definition) is 3. The summed E-state index contributed by atoms with van der Waals surface area (Å²) in [4.78, 5) is 21.5. The Morgan fingerprint density at radius 3 is 2.64 bits per heavy atom. The van der Waals surface area contributed by atoms with Crippen LogP contribution in [-0.4, -0.2) is 43.7 Å². The molecule has 2 aromatic heterocycles. The van der Waals surface area contributed by atoms with Gasteiger partial charge in [0.25, 0.3) is 0 Å². The minimum Gasteiger partial charge on any atom is -0.361 e. The fourth-order valence-corrected chi connectivity index (χ4v) is 6.71. The fourth-order valence-electron chi connectivity index (χ4n) is 5.67. The lowest BCUT2D eigenvalue weighted by Crippen LogP contribution is -2.19. The second-order valence-electron chi connectivity index (χ2n) is 10.9. The lowest BCUT2D eigenvalue weighted by molar-refractivity contribution is -0.107. The van der Waals surface area contributed by atoms with E-state index in [1.54, 1.807) is 36.5 Å². The third-order valence-electron chi connectivity index (χ3n) is 8.25. The highest BCUT2D eigenvalue weighted by Crippen LogP contribution is 2.33. The van der Waals surface area contributed by atoms with Gasteiger partial charge in [0.15, 0.2) is 0 Å². The summed E-state index contributed by atoms with van der Waals surface area (Å²) in [5.41, 5.74) is 4.77. The molecule has 0 spiro atoms. The number of nitrogens with zero attached hydrogens (tertiary/aromatic N) is 2. The van der Waals surface area contributed by atoms with E-state index in [-0.39, 0.29) is 46.6 Å². The third-order valence-corrected chi connectivity index (χ3v) is 10.0. The third kappa shape index (κ3) is 6.44. The van der Waals surface area contributed by atoms with Crippen molar-refractivity contribution in [2.75, 3.05) is 12.3 Å². The van der Waals surface area contributed by atoms with Crippen molar-refractivity contribution < 1.29 is 18.0 Å². The molecule has 3 aromatic carbocycles. The summed E-state index contributed by atoms with van der Waals surface area (Å²) in [7, 11) is -0.208. The first-order valence-electron chi connectivity index (χ1n) is 14.8. The molecule has 2 unspecified atom stereocenters. The highest BCUT2D eigenvalue weighted by Gasteiger charge is 2.21. The SMILES string of the molecule is C=S(CC)N(CC)Cc1c(Cc2ccc(F)c(-c3ncc(C(C)c4cccc(CCC=O)c4F)[nH]3)c2)c(F)cc2[nH]ccc12. The Hall–Kier alpha value is -3.95. The first-order chi connectivity index (χ1) is 21.2. The van der Waals surface area contributed by atoms with Gasteiger partial charge in [0.1, 0.15) is 29.6 Å². The molecule has 5 rings (SSSR count). The van der Waals surface area contributed by atoms with E-state index in [1.165, 1.54) is 12.1 Å². The van der Waals surface area contributed by atoms with Gasteiger partial charge in [-0.25, -0.2) is 18.2 Å². The predicted octanol–water partition coefficient (Wildman–Crippen LogP) is 8.31. The molecule has 0 aliphatic heterocycles. The second kappa shape index (κ2) is 13.8. The number of carbonyl (C=O) groups excluding carboxylic acids is 1. The van der Waals surface area contributed by atoms with E-state index in [2.05, 4.69) is 39.0 Å². The molecule has 0 saturated carbocycles. The van der Waals surface area contributed by atoms with Crippen LogP contribution in [0.3, 0.4) is 0 Å². The number of carbonyl (C=O) groups is 1. The molecule has 230 valence electrons. The summed E-state index contributed by atoms with van der Waals surface area (Å²) in [6, 6.07) is 13.4. The molecule has 0 bridgehead atoms. The Bertz CT molecular complexity index is 1810. The molecule has 5 nitrogen and oxygen atoms in total. The standard InChI is InChI=1S/C35H37F3N4OS/c1-5-42(44(4)6-2)21-29-26-14-15-39-32(26)19-31(37)27(29)17-23-12-13-30(36)28(18-23)35-40-20-33(41-35)22(3)25-11-7-9-24(34(25)38)10-8-16-43/h7,9,11-16,18-20,22,39H,4-6,8,10,17,21H2,1-3H3,(H,40,41). The quantitative estimate of drug-likeness (QED) is 0.103. The lowest BCUT2D eigenvalue weighted by Gasteiger charge is -2.25. The number of aldehydes is 1. The van der Waals surface area contributed by atoms with Crippen LogP contribution < -0.4 is 0 Å². The monoisotopic (exact) mass is 618 g/mol. The zero-order valence-electron chi connectivity index (χ0n) is 25.2. The van der Waals surface area contributed by atoms with Crippen LogP contribution in [0.5, 0.6) is 0 Å². The van der Waals surface area contributed by atoms with Crippen LogP contribution in [0.25, 0.3) is 22.3 Å². The number of rotatable bonds is 13. The van der Waals surface area contributed by atoms with Gasteiger partial charge < -0.3 is 14.8 Å². The molecule has 0 fully saturated rings. The Kier molecular flexibility index (Phi) is 9.86. The number of aryl methyl sites for hydroxylation is 1. The number of imidazole rings is 1. The number of halogens is 3. The fraction of sp³-hybridized carbons (Fsp3) is 0.286. The van der Waals surface area contributed by atoms with E-state index in [0.717, 1.165) is 40.6 Å². The Morgan fingerprint density at radius 1 is 1.07 bits per heavy atom. The van der Waals surface area contributed by atoms with Crippen molar-refractivity contribution in [1.82, 2.24) is 19.3 Å². The molecule has 0 radical (unpaired) electrons. The average molecular weight is 619 g/mol. The minimum absolute atomic E-state index is 0.208. The van der Waals surface area contributed by atoms with Crippen molar-refractivity contribution in [1.29, 1.82) is 0 Å². The van der Waals surface area contributed by atoms with Gasteiger partial charge in [0.2, 0.25) is 0 Å². The molecular formula is C35H37F3N4OS. The zero-order chi connectivity index (χ0) is 31.4. The number of fused-ring (bicyclic) bond motifs is 1. The van der Waals surface area contributed by atoms with Gasteiger partial charge in [-0.2, -0.15) is 0 Å². The first-order valence-corrected chi connectivity index (χ1v) is 16.3. The number of nitrogens with one attached hydrogen (secondary N) is 2. The average Bonchev–Trinajstić information content (AvgIpc) is 3.71. The van der Waals surface area contributed by atoms with Gasteiger partial charge >= 0.3 is 0 Å². The Morgan fingerprint density at radius 2 is 1.89 bits per heavy atom. The van der Waals surface area contributed by atoms with Crippen molar-refractivity contribution >= 4 is 33.7 Å². The van der Waals surface area contributed by atoms with Gasteiger partial charge in [0.05, 0.1) is 5.56 Å². The van der Waals surface area contributed by atoms with Crippen molar-refractivity contribution in [3.63, 3.8) is 0 Å². The summed E-state index contributed by atoms with van der Waals surface area (Å²) in [5, 5.41) is 0.961. The van der Waals surface area contributed by atoms with Crippen molar-refractivity contribution in [2.24, 2.45) is 0 Å². The molecule has 5 aromatic rings. The second-order valence-corrected chi connectivity index (χ2v) is 12.9. The van der Waals surface area contributed by atoms with E-state index >= 15 is 13.2 Å². The molecule has 0 amide bonds.